The van der Waals surface area contributed by atoms with Crippen LogP contribution < -0.4 is 0 Å². The van der Waals surface area contributed by atoms with Crippen LogP contribution in [0, 0.1) is 23.2 Å². The molecule has 0 aromatic heterocycles. The molecule has 0 saturated heterocycles. The van der Waals surface area contributed by atoms with E-state index in [1.165, 1.54) is 19.3 Å². The van der Waals surface area contributed by atoms with E-state index in [2.05, 4.69) is 34.6 Å². The van der Waals surface area contributed by atoms with Gasteiger partial charge in [0.15, 0.2) is 0 Å². The predicted octanol–water partition coefficient (Wildman–Crippen LogP) is 5.10. The fraction of sp³-hybridized carbons (Fsp3) is 1.00. The molecule has 1 aliphatic rings. The lowest BCUT2D eigenvalue weighted by Crippen LogP contribution is -2.33. The van der Waals surface area contributed by atoms with Crippen LogP contribution in [0.2, 0.25) is 0 Å². The normalized spacial score (nSPS) is 35.2. The number of halogens is 1. The minimum absolute atomic E-state index is 0.314. The smallest absolute Gasteiger partial charge is 0.0313 e. The Hall–Kier alpha value is 0.290. The highest BCUT2D eigenvalue weighted by atomic mass is 35.5. The highest BCUT2D eigenvalue weighted by Crippen LogP contribution is 2.45. The van der Waals surface area contributed by atoms with Gasteiger partial charge < -0.3 is 0 Å². The quantitative estimate of drug-likeness (QED) is 0.592. The molecule has 0 radical (unpaired) electrons. The van der Waals surface area contributed by atoms with Gasteiger partial charge in [0.25, 0.3) is 0 Å². The lowest BCUT2D eigenvalue weighted by Gasteiger charge is -2.42. The summed E-state index contributed by atoms with van der Waals surface area (Å²) in [6, 6.07) is 0. The van der Waals surface area contributed by atoms with E-state index in [9.17, 15) is 0 Å². The zero-order valence-corrected chi connectivity index (χ0v) is 11.8. The molecule has 15 heavy (non-hydrogen) atoms. The molecule has 0 nitrogen and oxygen atoms in total. The van der Waals surface area contributed by atoms with Crippen molar-refractivity contribution in [2.75, 3.05) is 0 Å². The molecule has 0 heterocycles. The summed E-state index contributed by atoms with van der Waals surface area (Å²) in [5.74, 6) is 2.70. The Labute approximate surface area is 101 Å². The molecule has 1 fully saturated rings. The fourth-order valence-electron chi connectivity index (χ4n) is 3.15. The zero-order chi connectivity index (χ0) is 11.6. The summed E-state index contributed by atoms with van der Waals surface area (Å²) >= 11 is 6.15. The summed E-state index contributed by atoms with van der Waals surface area (Å²) in [4.78, 5) is 0. The van der Waals surface area contributed by atoms with Crippen LogP contribution in [-0.4, -0.2) is 5.38 Å². The van der Waals surface area contributed by atoms with Crippen LogP contribution in [0.4, 0.5) is 0 Å². The minimum Gasteiger partial charge on any atom is -0.123 e. The largest absolute Gasteiger partial charge is 0.123 e. The van der Waals surface area contributed by atoms with Gasteiger partial charge in [-0.15, -0.1) is 11.6 Å². The van der Waals surface area contributed by atoms with Crippen LogP contribution in [0.1, 0.15) is 60.3 Å². The molecule has 1 aliphatic carbocycles. The first-order valence-electron chi connectivity index (χ1n) is 6.47. The van der Waals surface area contributed by atoms with E-state index in [-0.39, 0.29) is 0 Å². The van der Waals surface area contributed by atoms with Gasteiger partial charge in [-0.2, -0.15) is 0 Å². The first kappa shape index (κ1) is 13.4. The van der Waals surface area contributed by atoms with E-state index in [0.717, 1.165) is 24.2 Å². The van der Waals surface area contributed by atoms with Crippen molar-refractivity contribution in [1.82, 2.24) is 0 Å². The van der Waals surface area contributed by atoms with Crippen molar-refractivity contribution in [3.05, 3.63) is 0 Å². The molecule has 4 unspecified atom stereocenters. The van der Waals surface area contributed by atoms with Crippen molar-refractivity contribution in [3.63, 3.8) is 0 Å². The third kappa shape index (κ3) is 3.66. The van der Waals surface area contributed by atoms with Gasteiger partial charge in [-0.3, -0.25) is 0 Å². The summed E-state index contributed by atoms with van der Waals surface area (Å²) in [5.41, 5.74) is 0.426. The SMILES string of the molecule is CC(Cl)CC(C)(C)C1CCC(C)C(C)C1. The number of rotatable bonds is 3. The van der Waals surface area contributed by atoms with Crippen molar-refractivity contribution in [2.24, 2.45) is 23.2 Å². The Balaban J connectivity index is 2.56. The van der Waals surface area contributed by atoms with Crippen molar-refractivity contribution in [2.45, 2.75) is 65.7 Å². The third-order valence-corrected chi connectivity index (χ3v) is 4.67. The van der Waals surface area contributed by atoms with Crippen molar-refractivity contribution in [3.8, 4) is 0 Å². The molecular weight excluding hydrogens is 204 g/mol. The summed E-state index contributed by atoms with van der Waals surface area (Å²) in [7, 11) is 0. The van der Waals surface area contributed by atoms with Gasteiger partial charge in [-0.25, -0.2) is 0 Å². The van der Waals surface area contributed by atoms with E-state index < -0.39 is 0 Å². The fourth-order valence-corrected chi connectivity index (χ4v) is 3.55. The lowest BCUT2D eigenvalue weighted by molar-refractivity contribution is 0.0931. The highest BCUT2D eigenvalue weighted by Gasteiger charge is 2.35. The van der Waals surface area contributed by atoms with Gasteiger partial charge in [0.2, 0.25) is 0 Å². The molecule has 90 valence electrons. The highest BCUT2D eigenvalue weighted by molar-refractivity contribution is 6.20. The maximum Gasteiger partial charge on any atom is 0.0313 e. The monoisotopic (exact) mass is 230 g/mol. The van der Waals surface area contributed by atoms with Crippen LogP contribution in [0.15, 0.2) is 0 Å². The second kappa shape index (κ2) is 5.08. The molecule has 0 bridgehead atoms. The van der Waals surface area contributed by atoms with Gasteiger partial charge >= 0.3 is 0 Å². The van der Waals surface area contributed by atoms with E-state index in [4.69, 9.17) is 11.6 Å². The first-order chi connectivity index (χ1) is 6.83. The molecule has 0 amide bonds. The molecule has 0 aromatic rings. The minimum atomic E-state index is 0.314. The summed E-state index contributed by atoms with van der Waals surface area (Å²) < 4.78 is 0. The number of hydrogen-bond acceptors (Lipinski definition) is 0. The van der Waals surface area contributed by atoms with E-state index in [1.807, 2.05) is 0 Å². The summed E-state index contributed by atoms with van der Waals surface area (Å²) in [6.45, 7) is 11.7. The standard InChI is InChI=1S/C14H27Cl/c1-10-6-7-13(8-11(10)2)14(4,5)9-12(3)15/h10-13H,6-9H2,1-5H3. The Morgan fingerprint density at radius 2 is 1.80 bits per heavy atom. The van der Waals surface area contributed by atoms with Gasteiger partial charge in [-0.05, 0) is 49.4 Å². The van der Waals surface area contributed by atoms with E-state index in [0.29, 0.717) is 10.8 Å². The van der Waals surface area contributed by atoms with Gasteiger partial charge in [0.05, 0.1) is 0 Å². The lowest BCUT2D eigenvalue weighted by atomic mass is 9.64. The predicted molar refractivity (Wildman–Crippen MR) is 69.4 cm³/mol. The second-order valence-electron chi connectivity index (χ2n) is 6.44. The van der Waals surface area contributed by atoms with Gasteiger partial charge in [0, 0.05) is 5.38 Å². The van der Waals surface area contributed by atoms with Gasteiger partial charge in [-0.1, -0.05) is 34.1 Å². The average molecular weight is 231 g/mol. The molecule has 1 heteroatoms. The Morgan fingerprint density at radius 3 is 2.27 bits per heavy atom. The molecule has 1 saturated carbocycles. The van der Waals surface area contributed by atoms with Crippen molar-refractivity contribution in [1.29, 1.82) is 0 Å². The molecule has 4 atom stereocenters. The summed E-state index contributed by atoms with van der Waals surface area (Å²) in [5, 5.41) is 0.314. The maximum atomic E-state index is 6.15. The Kier molecular flexibility index (Phi) is 4.52. The topological polar surface area (TPSA) is 0 Å². The van der Waals surface area contributed by atoms with E-state index in [1.54, 1.807) is 0 Å². The molecule has 1 rings (SSSR count). The van der Waals surface area contributed by atoms with Crippen LogP contribution in [0.25, 0.3) is 0 Å². The Bertz CT molecular complexity index is 196. The van der Waals surface area contributed by atoms with Crippen LogP contribution in [0.3, 0.4) is 0 Å². The molecule has 0 aliphatic heterocycles. The van der Waals surface area contributed by atoms with Crippen molar-refractivity contribution >= 4 is 11.6 Å². The van der Waals surface area contributed by atoms with E-state index >= 15 is 0 Å². The number of alkyl halides is 1. The molecule has 0 aromatic carbocycles. The van der Waals surface area contributed by atoms with Crippen molar-refractivity contribution < 1.29 is 0 Å². The zero-order valence-electron chi connectivity index (χ0n) is 11.0. The van der Waals surface area contributed by atoms with Crippen LogP contribution >= 0.6 is 11.6 Å². The third-order valence-electron chi connectivity index (χ3n) is 4.51. The molecular formula is C14H27Cl. The number of hydrogen-bond donors (Lipinski definition) is 0. The summed E-state index contributed by atoms with van der Waals surface area (Å²) in [6.07, 6.45) is 5.37. The van der Waals surface area contributed by atoms with Crippen LogP contribution in [-0.2, 0) is 0 Å². The maximum absolute atomic E-state index is 6.15. The first-order valence-corrected chi connectivity index (χ1v) is 6.90. The second-order valence-corrected chi connectivity index (χ2v) is 7.18. The molecule has 0 N–H and O–H groups in total. The molecule has 0 spiro atoms. The Morgan fingerprint density at radius 1 is 1.20 bits per heavy atom. The van der Waals surface area contributed by atoms with Crippen LogP contribution in [0.5, 0.6) is 0 Å². The van der Waals surface area contributed by atoms with Gasteiger partial charge in [0.1, 0.15) is 0 Å². The average Bonchev–Trinajstić information content (AvgIpc) is 2.07.